The van der Waals surface area contributed by atoms with Gasteiger partial charge in [0.25, 0.3) is 0 Å². The molecule has 0 aliphatic heterocycles. The largest absolute Gasteiger partial charge is 0.453 e. The molecule has 0 amide bonds. The van der Waals surface area contributed by atoms with Gasteiger partial charge >= 0.3 is 6.18 Å². The van der Waals surface area contributed by atoms with E-state index in [4.69, 9.17) is 4.42 Å². The van der Waals surface area contributed by atoms with Gasteiger partial charge in [0.1, 0.15) is 6.07 Å². The Bertz CT molecular complexity index is 1280. The highest BCUT2D eigenvalue weighted by Crippen LogP contribution is 2.37. The van der Waals surface area contributed by atoms with E-state index in [9.17, 15) is 26.9 Å². The Morgan fingerprint density at radius 1 is 1.19 bits per heavy atom. The van der Waals surface area contributed by atoms with E-state index in [1.165, 1.54) is 41.2 Å². The van der Waals surface area contributed by atoms with Crippen molar-refractivity contribution in [1.82, 2.24) is 4.57 Å². The second-order valence-electron chi connectivity index (χ2n) is 7.17. The topological polar surface area (TPSA) is 76.0 Å². The van der Waals surface area contributed by atoms with Gasteiger partial charge in [0.05, 0.1) is 17.5 Å². The van der Waals surface area contributed by atoms with Crippen molar-refractivity contribution >= 4 is 15.9 Å². The number of rotatable bonds is 5. The Morgan fingerprint density at radius 2 is 1.87 bits per heavy atom. The number of hydrogen-bond acceptors (Lipinski definition) is 4. The molecule has 162 valence electrons. The summed E-state index contributed by atoms with van der Waals surface area (Å²) in [5.41, 5.74) is 0.376. The molecule has 0 radical (unpaired) electrons. The highest BCUT2D eigenvalue weighted by molar-refractivity contribution is 7.95. The smallest absolute Gasteiger partial charge is 0.418 e. The lowest BCUT2D eigenvalue weighted by molar-refractivity contribution is -0.137. The Labute approximate surface area is 178 Å². The number of benzene rings is 1. The number of sulfone groups is 1. The quantitative estimate of drug-likeness (QED) is 0.458. The third-order valence-corrected chi connectivity index (χ3v) is 6.35. The molecule has 31 heavy (non-hydrogen) atoms. The average molecular weight is 448 g/mol. The zero-order valence-electron chi connectivity index (χ0n) is 16.9. The lowest BCUT2D eigenvalue weighted by Crippen LogP contribution is -2.13. The number of hydrogen-bond donors (Lipinski definition) is 0. The molecular weight excluding hydrogens is 429 g/mol. The fourth-order valence-corrected chi connectivity index (χ4v) is 4.35. The summed E-state index contributed by atoms with van der Waals surface area (Å²) in [5, 5.41) is 9.09. The molecule has 0 N–H and O–H groups in total. The molecule has 0 atom stereocenters. The molecule has 3 aromatic rings. The molecule has 0 bridgehead atoms. The predicted octanol–water partition coefficient (Wildman–Crippen LogP) is 5.86. The van der Waals surface area contributed by atoms with Crippen molar-refractivity contribution in [2.45, 2.75) is 38.0 Å². The van der Waals surface area contributed by atoms with Crippen LogP contribution in [0.2, 0.25) is 0 Å². The normalized spacial score (nSPS) is 12.9. The van der Waals surface area contributed by atoms with Gasteiger partial charge in [-0.2, -0.15) is 18.4 Å². The molecule has 2 aromatic heterocycles. The Kier molecular flexibility index (Phi) is 5.87. The van der Waals surface area contributed by atoms with Crippen LogP contribution in [0, 0.1) is 18.3 Å². The van der Waals surface area contributed by atoms with E-state index in [2.05, 4.69) is 0 Å². The second kappa shape index (κ2) is 8.12. The van der Waals surface area contributed by atoms with E-state index in [1.807, 2.05) is 13.8 Å². The van der Waals surface area contributed by atoms with Crippen LogP contribution < -0.4 is 0 Å². The van der Waals surface area contributed by atoms with E-state index < -0.39 is 26.5 Å². The van der Waals surface area contributed by atoms with E-state index >= 15 is 0 Å². The molecule has 0 aliphatic carbocycles. The maximum absolute atomic E-state index is 13.6. The van der Waals surface area contributed by atoms with Gasteiger partial charge < -0.3 is 8.98 Å². The zero-order chi connectivity index (χ0) is 23.0. The summed E-state index contributed by atoms with van der Waals surface area (Å²) >= 11 is 0. The molecule has 1 aromatic carbocycles. The standard InChI is InChI=1S/C22H19F3N2O3S/c1-14(2)20-12-16(11-17(13-26)31(28,29)21-9-6-10-30-21)15(3)27(20)19-8-5-4-7-18(19)22(23,24)25/h4-12,14H,1-3H3/b17-11+. The lowest BCUT2D eigenvalue weighted by atomic mass is 10.1. The third-order valence-electron chi connectivity index (χ3n) is 4.80. The molecular formula is C22H19F3N2O3S. The molecule has 5 nitrogen and oxygen atoms in total. The van der Waals surface area contributed by atoms with Gasteiger partial charge in [-0.25, -0.2) is 8.42 Å². The zero-order valence-corrected chi connectivity index (χ0v) is 17.8. The number of alkyl halides is 3. The van der Waals surface area contributed by atoms with Crippen LogP contribution in [0.1, 0.15) is 42.3 Å². The van der Waals surface area contributed by atoms with Crippen LogP contribution in [0.4, 0.5) is 13.2 Å². The molecule has 2 heterocycles. The summed E-state index contributed by atoms with van der Waals surface area (Å²) in [6, 6.07) is 11.0. The van der Waals surface area contributed by atoms with Crippen LogP contribution >= 0.6 is 0 Å². The van der Waals surface area contributed by atoms with E-state index in [-0.39, 0.29) is 16.7 Å². The number of allylic oxidation sites excluding steroid dienone is 1. The molecule has 0 saturated heterocycles. The van der Waals surface area contributed by atoms with Crippen LogP contribution in [0.5, 0.6) is 0 Å². The van der Waals surface area contributed by atoms with Gasteiger partial charge in [0.2, 0.25) is 14.9 Å². The van der Waals surface area contributed by atoms with Crippen molar-refractivity contribution in [3.05, 3.63) is 76.1 Å². The van der Waals surface area contributed by atoms with Crippen molar-refractivity contribution in [2.24, 2.45) is 0 Å². The Morgan fingerprint density at radius 3 is 2.42 bits per heavy atom. The third kappa shape index (κ3) is 4.16. The molecule has 0 spiro atoms. The highest BCUT2D eigenvalue weighted by Gasteiger charge is 2.34. The summed E-state index contributed by atoms with van der Waals surface area (Å²) in [6.07, 6.45) is -2.24. The SMILES string of the molecule is Cc1c(/C=C(\C#N)S(=O)(=O)c2ccco2)cc(C(C)C)n1-c1ccccc1C(F)(F)F. The minimum Gasteiger partial charge on any atom is -0.453 e. The van der Waals surface area contributed by atoms with Crippen molar-refractivity contribution in [1.29, 1.82) is 5.26 Å². The Balaban J connectivity index is 2.26. The number of para-hydroxylation sites is 1. The fraction of sp³-hybridized carbons (Fsp3) is 0.227. The summed E-state index contributed by atoms with van der Waals surface area (Å²) in [4.78, 5) is -0.567. The van der Waals surface area contributed by atoms with Gasteiger partial charge in [-0.1, -0.05) is 26.0 Å². The summed E-state index contributed by atoms with van der Waals surface area (Å²) in [5.74, 6) is -0.172. The first-order chi connectivity index (χ1) is 14.5. The molecule has 0 saturated carbocycles. The van der Waals surface area contributed by atoms with Gasteiger partial charge in [-0.05, 0) is 54.8 Å². The first-order valence-corrected chi connectivity index (χ1v) is 10.8. The van der Waals surface area contributed by atoms with Crippen LogP contribution in [-0.2, 0) is 16.0 Å². The van der Waals surface area contributed by atoms with Gasteiger partial charge in [0, 0.05) is 11.4 Å². The number of nitriles is 1. The summed E-state index contributed by atoms with van der Waals surface area (Å²) in [7, 11) is -4.20. The lowest BCUT2D eigenvalue weighted by Gasteiger charge is -2.19. The van der Waals surface area contributed by atoms with Crippen molar-refractivity contribution in [3.8, 4) is 11.8 Å². The van der Waals surface area contributed by atoms with Crippen LogP contribution in [-0.4, -0.2) is 13.0 Å². The number of nitrogens with zero attached hydrogens (tertiary/aromatic N) is 2. The maximum Gasteiger partial charge on any atom is 0.418 e. The second-order valence-corrected chi connectivity index (χ2v) is 9.02. The first kappa shape index (κ1) is 22.4. The molecule has 0 aliphatic rings. The van der Waals surface area contributed by atoms with E-state index in [1.54, 1.807) is 19.1 Å². The molecule has 0 unspecified atom stereocenters. The Hall–Kier alpha value is -3.25. The monoisotopic (exact) mass is 448 g/mol. The summed E-state index contributed by atoms with van der Waals surface area (Å²) < 4.78 is 72.6. The maximum atomic E-state index is 13.6. The molecule has 3 rings (SSSR count). The highest BCUT2D eigenvalue weighted by atomic mass is 32.2. The average Bonchev–Trinajstić information content (AvgIpc) is 3.34. The van der Waals surface area contributed by atoms with Crippen molar-refractivity contribution in [3.63, 3.8) is 0 Å². The number of halogens is 3. The van der Waals surface area contributed by atoms with Crippen molar-refractivity contribution < 1.29 is 26.0 Å². The summed E-state index contributed by atoms with van der Waals surface area (Å²) in [6.45, 7) is 5.22. The van der Waals surface area contributed by atoms with Crippen LogP contribution in [0.15, 0.2) is 63.1 Å². The van der Waals surface area contributed by atoms with Gasteiger partial charge in [0.15, 0.2) is 4.91 Å². The predicted molar refractivity (Wildman–Crippen MR) is 109 cm³/mol. The first-order valence-electron chi connectivity index (χ1n) is 9.27. The van der Waals surface area contributed by atoms with E-state index in [0.717, 1.165) is 12.1 Å². The molecule has 9 heteroatoms. The van der Waals surface area contributed by atoms with Crippen LogP contribution in [0.3, 0.4) is 0 Å². The van der Waals surface area contributed by atoms with Crippen LogP contribution in [0.25, 0.3) is 11.8 Å². The van der Waals surface area contributed by atoms with Gasteiger partial charge in [-0.3, -0.25) is 0 Å². The van der Waals surface area contributed by atoms with E-state index in [0.29, 0.717) is 17.0 Å². The number of aromatic nitrogens is 1. The van der Waals surface area contributed by atoms with Crippen molar-refractivity contribution in [2.75, 3.05) is 0 Å². The minimum absolute atomic E-state index is 0.0664. The number of furan rings is 1. The fourth-order valence-electron chi connectivity index (χ4n) is 3.29. The minimum atomic E-state index is -4.57. The van der Waals surface area contributed by atoms with Gasteiger partial charge in [-0.15, -0.1) is 0 Å². The molecule has 0 fully saturated rings.